The standard InChI is InChI=1S/C15H24N2/c1-11(2)14(15(5,6)7)9-12(3)10-17-13(4)16-8/h9-10H,1,3H2,2,4-8H3/b14-9+,16-13?,17-10?. The van der Waals surface area contributed by atoms with E-state index in [-0.39, 0.29) is 5.41 Å². The van der Waals surface area contributed by atoms with Crippen LogP contribution >= 0.6 is 0 Å². The molecule has 0 fully saturated rings. The molecule has 17 heavy (non-hydrogen) atoms. The topological polar surface area (TPSA) is 24.7 Å². The Kier molecular flexibility index (Phi) is 5.80. The van der Waals surface area contributed by atoms with E-state index >= 15 is 0 Å². The number of aliphatic imine (C=N–C) groups is 2. The van der Waals surface area contributed by atoms with E-state index in [9.17, 15) is 0 Å². The molecule has 0 saturated carbocycles. The first-order valence-electron chi connectivity index (χ1n) is 5.73. The fourth-order valence-electron chi connectivity index (χ4n) is 1.44. The van der Waals surface area contributed by atoms with Crippen molar-refractivity contribution < 1.29 is 0 Å². The molecule has 0 heterocycles. The average molecular weight is 232 g/mol. The van der Waals surface area contributed by atoms with Crippen molar-refractivity contribution in [2.45, 2.75) is 34.6 Å². The lowest BCUT2D eigenvalue weighted by Gasteiger charge is -2.23. The van der Waals surface area contributed by atoms with E-state index in [1.165, 1.54) is 5.57 Å². The molecule has 0 aliphatic carbocycles. The van der Waals surface area contributed by atoms with Crippen molar-refractivity contribution in [1.82, 2.24) is 0 Å². The fourth-order valence-corrected chi connectivity index (χ4v) is 1.44. The summed E-state index contributed by atoms with van der Waals surface area (Å²) >= 11 is 0. The van der Waals surface area contributed by atoms with Gasteiger partial charge in [-0.05, 0) is 30.4 Å². The molecule has 0 atom stereocenters. The molecule has 0 amide bonds. The van der Waals surface area contributed by atoms with Crippen molar-refractivity contribution >= 4 is 12.1 Å². The van der Waals surface area contributed by atoms with Gasteiger partial charge in [0, 0.05) is 13.3 Å². The number of nitrogens with zero attached hydrogens (tertiary/aromatic N) is 2. The zero-order valence-corrected chi connectivity index (χ0v) is 12.0. The van der Waals surface area contributed by atoms with Crippen molar-refractivity contribution in [2.24, 2.45) is 15.4 Å². The van der Waals surface area contributed by atoms with Gasteiger partial charge in [0.15, 0.2) is 0 Å². The Morgan fingerprint density at radius 2 is 1.65 bits per heavy atom. The summed E-state index contributed by atoms with van der Waals surface area (Å²) in [5.41, 5.74) is 3.19. The van der Waals surface area contributed by atoms with E-state index in [4.69, 9.17) is 0 Å². The van der Waals surface area contributed by atoms with Crippen LogP contribution in [0.1, 0.15) is 34.6 Å². The van der Waals surface area contributed by atoms with Gasteiger partial charge in [-0.15, -0.1) is 0 Å². The molecule has 2 nitrogen and oxygen atoms in total. The van der Waals surface area contributed by atoms with E-state index in [0.29, 0.717) is 0 Å². The molecule has 0 aliphatic heterocycles. The molecular formula is C15H24N2. The second kappa shape index (κ2) is 6.33. The van der Waals surface area contributed by atoms with E-state index in [0.717, 1.165) is 17.0 Å². The van der Waals surface area contributed by atoms with Gasteiger partial charge in [0.05, 0.1) is 0 Å². The van der Waals surface area contributed by atoms with Crippen molar-refractivity contribution in [2.75, 3.05) is 7.05 Å². The van der Waals surface area contributed by atoms with Gasteiger partial charge in [0.2, 0.25) is 0 Å². The minimum atomic E-state index is 0.0660. The minimum absolute atomic E-state index is 0.0660. The third-order valence-corrected chi connectivity index (χ3v) is 2.34. The Bertz CT molecular complexity index is 388. The van der Waals surface area contributed by atoms with E-state index in [1.54, 1.807) is 13.3 Å². The van der Waals surface area contributed by atoms with Crippen LogP contribution in [-0.2, 0) is 0 Å². The molecule has 0 unspecified atom stereocenters. The first kappa shape index (κ1) is 15.6. The lowest BCUT2D eigenvalue weighted by Crippen LogP contribution is -2.10. The Hall–Kier alpha value is -1.44. The van der Waals surface area contributed by atoms with E-state index in [1.807, 2.05) is 19.9 Å². The summed E-state index contributed by atoms with van der Waals surface area (Å²) in [6.07, 6.45) is 3.77. The first-order chi connectivity index (χ1) is 7.68. The highest BCUT2D eigenvalue weighted by Gasteiger charge is 2.17. The normalized spacial score (nSPS) is 14.2. The monoisotopic (exact) mass is 232 g/mol. The molecule has 94 valence electrons. The van der Waals surface area contributed by atoms with Crippen LogP contribution in [0.4, 0.5) is 0 Å². The summed E-state index contributed by atoms with van der Waals surface area (Å²) < 4.78 is 0. The van der Waals surface area contributed by atoms with Crippen molar-refractivity contribution in [3.05, 3.63) is 36.0 Å². The lowest BCUT2D eigenvalue weighted by molar-refractivity contribution is 0.511. The maximum Gasteiger partial charge on any atom is 0.119 e. The maximum atomic E-state index is 4.19. The number of hydrogen-bond acceptors (Lipinski definition) is 1. The average Bonchev–Trinajstić information content (AvgIpc) is 2.20. The van der Waals surface area contributed by atoms with Gasteiger partial charge in [-0.1, -0.05) is 45.6 Å². The summed E-state index contributed by atoms with van der Waals surface area (Å²) in [6.45, 7) is 18.3. The highest BCUT2D eigenvalue weighted by atomic mass is 14.9. The molecule has 0 radical (unpaired) electrons. The maximum absolute atomic E-state index is 4.19. The number of amidine groups is 1. The third-order valence-electron chi connectivity index (χ3n) is 2.34. The second-order valence-corrected chi connectivity index (χ2v) is 5.19. The Morgan fingerprint density at radius 1 is 1.12 bits per heavy atom. The van der Waals surface area contributed by atoms with Crippen LogP contribution in [0.15, 0.2) is 45.9 Å². The molecule has 2 heteroatoms. The number of hydrogen-bond donors (Lipinski definition) is 0. The fraction of sp³-hybridized carbons (Fsp3) is 0.467. The van der Waals surface area contributed by atoms with Crippen LogP contribution in [0.3, 0.4) is 0 Å². The quantitative estimate of drug-likeness (QED) is 0.395. The summed E-state index contributed by atoms with van der Waals surface area (Å²) in [5.74, 6) is 0.743. The highest BCUT2D eigenvalue weighted by molar-refractivity contribution is 5.94. The molecule has 0 bridgehead atoms. The third kappa shape index (κ3) is 6.00. The van der Waals surface area contributed by atoms with Gasteiger partial charge in [0.25, 0.3) is 0 Å². The largest absolute Gasteiger partial charge is 0.274 e. The minimum Gasteiger partial charge on any atom is -0.274 e. The smallest absolute Gasteiger partial charge is 0.119 e. The predicted molar refractivity (Wildman–Crippen MR) is 79.0 cm³/mol. The predicted octanol–water partition coefficient (Wildman–Crippen LogP) is 4.21. The highest BCUT2D eigenvalue weighted by Crippen LogP contribution is 2.30. The molecule has 0 aromatic carbocycles. The van der Waals surface area contributed by atoms with Gasteiger partial charge in [-0.3, -0.25) is 4.99 Å². The first-order valence-corrected chi connectivity index (χ1v) is 5.73. The SMILES string of the molecule is C=C(C=NC(C)=NC)/C=C(\C(=C)C)C(C)(C)C. The van der Waals surface area contributed by atoms with Gasteiger partial charge in [0.1, 0.15) is 5.84 Å². The Balaban J connectivity index is 5.05. The molecule has 0 spiro atoms. The van der Waals surface area contributed by atoms with Crippen LogP contribution in [-0.4, -0.2) is 19.1 Å². The van der Waals surface area contributed by atoms with E-state index < -0.39 is 0 Å². The van der Waals surface area contributed by atoms with Crippen molar-refractivity contribution in [1.29, 1.82) is 0 Å². The number of rotatable bonds is 3. The zero-order valence-electron chi connectivity index (χ0n) is 12.0. The van der Waals surface area contributed by atoms with Gasteiger partial charge < -0.3 is 0 Å². The molecule has 0 N–H and O–H groups in total. The molecular weight excluding hydrogens is 208 g/mol. The summed E-state index contributed by atoms with van der Waals surface area (Å²) in [5, 5.41) is 0. The molecule has 0 aromatic rings. The Labute approximate surface area is 106 Å². The van der Waals surface area contributed by atoms with Gasteiger partial charge >= 0.3 is 0 Å². The van der Waals surface area contributed by atoms with Crippen LogP contribution in [0.5, 0.6) is 0 Å². The molecule has 0 aliphatic rings. The lowest BCUT2D eigenvalue weighted by atomic mass is 9.82. The van der Waals surface area contributed by atoms with Crippen molar-refractivity contribution in [3.63, 3.8) is 0 Å². The van der Waals surface area contributed by atoms with Crippen LogP contribution in [0, 0.1) is 5.41 Å². The van der Waals surface area contributed by atoms with E-state index in [2.05, 4.69) is 43.9 Å². The van der Waals surface area contributed by atoms with Crippen molar-refractivity contribution in [3.8, 4) is 0 Å². The molecule has 0 aromatic heterocycles. The van der Waals surface area contributed by atoms with Gasteiger partial charge in [-0.2, -0.15) is 0 Å². The van der Waals surface area contributed by atoms with Crippen LogP contribution in [0.25, 0.3) is 0 Å². The van der Waals surface area contributed by atoms with Crippen LogP contribution < -0.4 is 0 Å². The molecule has 0 rings (SSSR count). The zero-order chi connectivity index (χ0) is 13.6. The van der Waals surface area contributed by atoms with Gasteiger partial charge in [-0.25, -0.2) is 4.99 Å². The second-order valence-electron chi connectivity index (χ2n) is 5.19. The summed E-state index contributed by atoms with van der Waals surface area (Å²) in [6, 6.07) is 0. The molecule has 0 saturated heterocycles. The Morgan fingerprint density at radius 3 is 2.00 bits per heavy atom. The van der Waals surface area contributed by atoms with Crippen LogP contribution in [0.2, 0.25) is 0 Å². The summed E-state index contributed by atoms with van der Waals surface area (Å²) in [4.78, 5) is 8.15. The number of allylic oxidation sites excluding steroid dienone is 4. The summed E-state index contributed by atoms with van der Waals surface area (Å²) in [7, 11) is 1.72.